The number of ketones is 1. The van der Waals surface area contributed by atoms with Gasteiger partial charge in [0.2, 0.25) is 11.7 Å². The lowest BCUT2D eigenvalue weighted by atomic mass is 10.0. The van der Waals surface area contributed by atoms with Gasteiger partial charge in [-0.15, -0.1) is 0 Å². The van der Waals surface area contributed by atoms with E-state index in [9.17, 15) is 15.0 Å². The van der Waals surface area contributed by atoms with Crippen LogP contribution in [0.3, 0.4) is 0 Å². The molecule has 2 N–H and O–H groups in total. The smallest absolute Gasteiger partial charge is 0.242 e. The van der Waals surface area contributed by atoms with E-state index >= 15 is 0 Å². The summed E-state index contributed by atoms with van der Waals surface area (Å²) < 4.78 is 7.77. The van der Waals surface area contributed by atoms with Crippen LogP contribution in [0.15, 0.2) is 65.1 Å². The first-order valence-electron chi connectivity index (χ1n) is 9.33. The van der Waals surface area contributed by atoms with Crippen molar-refractivity contribution in [1.82, 2.24) is 9.55 Å². The van der Waals surface area contributed by atoms with Crippen LogP contribution in [0.1, 0.15) is 21.9 Å². The Kier molecular flexibility index (Phi) is 4.57. The highest BCUT2D eigenvalue weighted by atomic mass is 35.5. The fraction of sp³-hybridized carbons (Fsp3) is 0.0435. The summed E-state index contributed by atoms with van der Waals surface area (Å²) in [5, 5.41) is 22.6. The summed E-state index contributed by atoms with van der Waals surface area (Å²) in [4.78, 5) is 17.9. The summed E-state index contributed by atoms with van der Waals surface area (Å²) in [5.74, 6) is -0.945. The lowest BCUT2D eigenvalue weighted by Gasteiger charge is -2.09. The van der Waals surface area contributed by atoms with E-state index in [-0.39, 0.29) is 11.3 Å². The summed E-state index contributed by atoms with van der Waals surface area (Å²) >= 11 is 7.38. The molecule has 0 aliphatic rings. The molecule has 0 atom stereocenters. The molecule has 0 spiro atoms. The van der Waals surface area contributed by atoms with Gasteiger partial charge in [-0.3, -0.25) is 9.36 Å². The van der Waals surface area contributed by atoms with Crippen molar-refractivity contribution in [2.45, 2.75) is 6.92 Å². The van der Waals surface area contributed by atoms with Crippen LogP contribution in [-0.2, 0) is 0 Å². The van der Waals surface area contributed by atoms with Crippen molar-refractivity contribution in [2.24, 2.45) is 0 Å². The van der Waals surface area contributed by atoms with Gasteiger partial charge in [-0.1, -0.05) is 47.2 Å². The predicted molar refractivity (Wildman–Crippen MR) is 120 cm³/mol. The highest BCUT2D eigenvalue weighted by Crippen LogP contribution is 2.45. The quantitative estimate of drug-likeness (QED) is 0.330. The number of carbonyl (C=O) groups excluding carboxylic acids is 1. The van der Waals surface area contributed by atoms with Gasteiger partial charge in [-0.25, -0.2) is 4.98 Å². The molecule has 0 saturated carbocycles. The van der Waals surface area contributed by atoms with Gasteiger partial charge in [-0.05, 0) is 48.9 Å². The van der Waals surface area contributed by atoms with Gasteiger partial charge in [-0.2, -0.15) is 0 Å². The molecular weight excluding hydrogens is 436 g/mol. The number of thiazole rings is 1. The first kappa shape index (κ1) is 19.4. The normalized spacial score (nSPS) is 11.3. The molecule has 154 valence electrons. The molecule has 6 nitrogen and oxygen atoms in total. The minimum atomic E-state index is -0.550. The topological polar surface area (TPSA) is 88.5 Å². The Morgan fingerprint density at radius 2 is 1.81 bits per heavy atom. The van der Waals surface area contributed by atoms with E-state index in [4.69, 9.17) is 16.0 Å². The number of hydrogen-bond acceptors (Lipinski definition) is 6. The van der Waals surface area contributed by atoms with E-state index in [0.717, 1.165) is 10.2 Å². The molecule has 31 heavy (non-hydrogen) atoms. The van der Waals surface area contributed by atoms with Crippen LogP contribution < -0.4 is 0 Å². The van der Waals surface area contributed by atoms with Gasteiger partial charge in [0.05, 0.1) is 21.5 Å². The molecule has 0 radical (unpaired) electrons. The van der Waals surface area contributed by atoms with Crippen molar-refractivity contribution in [2.75, 3.05) is 0 Å². The number of para-hydroxylation sites is 1. The molecule has 0 fully saturated rings. The summed E-state index contributed by atoms with van der Waals surface area (Å²) in [6.07, 6.45) is 0. The fourth-order valence-electron chi connectivity index (χ4n) is 3.47. The Balaban J connectivity index is 1.81. The van der Waals surface area contributed by atoms with Crippen molar-refractivity contribution in [3.63, 3.8) is 0 Å². The standard InChI is InChI=1S/C23H15ClN2O4S/c1-12-6-11-16(30-12)20(27)18-19(13-7-9-14(24)10-8-13)26(22(29)21(18)28)23-25-15-4-2-3-5-17(15)31-23/h2-11,28-29H,1H3. The van der Waals surface area contributed by atoms with Gasteiger partial charge in [0.1, 0.15) is 5.76 Å². The molecular formula is C23H15ClN2O4S. The van der Waals surface area contributed by atoms with Gasteiger partial charge < -0.3 is 14.6 Å². The Morgan fingerprint density at radius 1 is 1.06 bits per heavy atom. The molecule has 0 unspecified atom stereocenters. The van der Waals surface area contributed by atoms with E-state index in [0.29, 0.717) is 27.2 Å². The number of aryl methyl sites for hydroxylation is 1. The van der Waals surface area contributed by atoms with Gasteiger partial charge in [0, 0.05) is 5.02 Å². The fourth-order valence-corrected chi connectivity index (χ4v) is 4.57. The number of rotatable bonds is 4. The van der Waals surface area contributed by atoms with Crippen LogP contribution in [0.25, 0.3) is 26.6 Å². The lowest BCUT2D eigenvalue weighted by molar-refractivity contribution is 0.101. The van der Waals surface area contributed by atoms with Crippen molar-refractivity contribution in [1.29, 1.82) is 0 Å². The maximum atomic E-state index is 13.3. The first-order valence-corrected chi connectivity index (χ1v) is 10.5. The number of hydrogen-bond donors (Lipinski definition) is 2. The predicted octanol–water partition coefficient (Wildman–Crippen LogP) is 5.95. The Morgan fingerprint density at radius 3 is 2.48 bits per heavy atom. The van der Waals surface area contributed by atoms with Gasteiger partial charge >= 0.3 is 0 Å². The van der Waals surface area contributed by atoms with E-state index < -0.39 is 17.4 Å². The third-order valence-corrected chi connectivity index (χ3v) is 6.18. The van der Waals surface area contributed by atoms with Crippen LogP contribution in [0, 0.1) is 6.92 Å². The SMILES string of the molecule is Cc1ccc(C(=O)c2c(O)c(O)n(-c3nc4ccccc4s3)c2-c2ccc(Cl)cc2)o1. The van der Waals surface area contributed by atoms with Gasteiger partial charge in [0.15, 0.2) is 16.6 Å². The highest BCUT2D eigenvalue weighted by molar-refractivity contribution is 7.20. The Labute approximate surface area is 185 Å². The summed E-state index contributed by atoms with van der Waals surface area (Å²) in [7, 11) is 0. The summed E-state index contributed by atoms with van der Waals surface area (Å²) in [5.41, 5.74) is 1.54. The second-order valence-corrected chi connectivity index (χ2v) is 8.39. The minimum Gasteiger partial charge on any atom is -0.503 e. The first-order chi connectivity index (χ1) is 14.9. The zero-order valence-electron chi connectivity index (χ0n) is 16.2. The molecule has 0 bridgehead atoms. The molecule has 2 aromatic carbocycles. The Bertz CT molecular complexity index is 1410. The van der Waals surface area contributed by atoms with Crippen molar-refractivity contribution in [3.05, 3.63) is 82.8 Å². The zero-order valence-corrected chi connectivity index (χ0v) is 17.7. The average Bonchev–Trinajstić information content (AvgIpc) is 3.45. The van der Waals surface area contributed by atoms with E-state index in [1.54, 1.807) is 37.3 Å². The lowest BCUT2D eigenvalue weighted by Crippen LogP contribution is -2.04. The number of aromatic nitrogens is 2. The number of furan rings is 1. The average molecular weight is 451 g/mol. The second-order valence-electron chi connectivity index (χ2n) is 6.94. The maximum absolute atomic E-state index is 13.3. The Hall–Kier alpha value is -3.55. The number of carbonyl (C=O) groups is 1. The molecule has 3 aromatic heterocycles. The molecule has 3 heterocycles. The van der Waals surface area contributed by atoms with E-state index in [2.05, 4.69) is 4.98 Å². The van der Waals surface area contributed by atoms with E-state index in [1.807, 2.05) is 24.3 Å². The summed E-state index contributed by atoms with van der Waals surface area (Å²) in [6, 6.07) is 17.5. The monoisotopic (exact) mass is 450 g/mol. The third kappa shape index (κ3) is 3.19. The van der Waals surface area contributed by atoms with Crippen molar-refractivity contribution >= 4 is 38.9 Å². The number of halogens is 1. The largest absolute Gasteiger partial charge is 0.503 e. The molecule has 0 aliphatic carbocycles. The van der Waals surface area contributed by atoms with Crippen LogP contribution in [0.2, 0.25) is 5.02 Å². The molecule has 0 saturated heterocycles. The van der Waals surface area contributed by atoms with Crippen molar-refractivity contribution in [3.8, 4) is 28.0 Å². The van der Waals surface area contributed by atoms with Gasteiger partial charge in [0.25, 0.3) is 0 Å². The molecule has 0 aliphatic heterocycles. The number of benzene rings is 2. The second kappa shape index (κ2) is 7.30. The highest BCUT2D eigenvalue weighted by Gasteiger charge is 2.32. The minimum absolute atomic E-state index is 0.0597. The maximum Gasteiger partial charge on any atom is 0.242 e. The van der Waals surface area contributed by atoms with Crippen LogP contribution in [0.4, 0.5) is 0 Å². The molecule has 5 rings (SSSR count). The van der Waals surface area contributed by atoms with E-state index in [1.165, 1.54) is 22.0 Å². The summed E-state index contributed by atoms with van der Waals surface area (Å²) in [6.45, 7) is 1.72. The number of aromatic hydroxyl groups is 2. The third-order valence-electron chi connectivity index (χ3n) is 4.90. The molecule has 8 heteroatoms. The number of nitrogens with zero attached hydrogens (tertiary/aromatic N) is 2. The van der Waals surface area contributed by atoms with Crippen LogP contribution >= 0.6 is 22.9 Å². The molecule has 0 amide bonds. The van der Waals surface area contributed by atoms with Crippen molar-refractivity contribution < 1.29 is 19.4 Å². The number of fused-ring (bicyclic) bond motifs is 1. The molecule has 5 aromatic rings. The van der Waals surface area contributed by atoms with Crippen LogP contribution in [-0.4, -0.2) is 25.5 Å². The van der Waals surface area contributed by atoms with Crippen LogP contribution in [0.5, 0.6) is 11.6 Å². The zero-order chi connectivity index (χ0) is 21.7.